The molecule has 0 amide bonds. The van der Waals surface area contributed by atoms with Crippen molar-refractivity contribution < 1.29 is 14.2 Å². The summed E-state index contributed by atoms with van der Waals surface area (Å²) >= 11 is 0. The van der Waals surface area contributed by atoms with Gasteiger partial charge < -0.3 is 19.9 Å². The summed E-state index contributed by atoms with van der Waals surface area (Å²) in [6.45, 7) is 1.38. The van der Waals surface area contributed by atoms with Gasteiger partial charge in [0.2, 0.25) is 5.88 Å². The van der Waals surface area contributed by atoms with Crippen molar-refractivity contribution in [3.8, 4) is 17.6 Å². The summed E-state index contributed by atoms with van der Waals surface area (Å²) in [6, 6.07) is 17.9. The van der Waals surface area contributed by atoms with Crippen molar-refractivity contribution in [2.24, 2.45) is 5.73 Å². The molecule has 2 aliphatic heterocycles. The maximum Gasteiger partial charge on any atom is 0.205 e. The number of nitrogens with two attached hydrogens (primary N) is 1. The molecule has 0 radical (unpaired) electrons. The third-order valence-electron chi connectivity index (χ3n) is 5.56. The normalized spacial score (nSPS) is 20.2. The van der Waals surface area contributed by atoms with E-state index in [4.69, 9.17) is 19.9 Å². The summed E-state index contributed by atoms with van der Waals surface area (Å²) in [5, 5.41) is 9.87. The van der Waals surface area contributed by atoms with Gasteiger partial charge in [-0.3, -0.25) is 4.90 Å². The van der Waals surface area contributed by atoms with Gasteiger partial charge in [-0.15, -0.1) is 0 Å². The lowest BCUT2D eigenvalue weighted by Crippen LogP contribution is -2.35. The molecule has 0 unspecified atom stereocenters. The van der Waals surface area contributed by atoms with Gasteiger partial charge in [0.05, 0.1) is 20.1 Å². The van der Waals surface area contributed by atoms with Crippen LogP contribution in [0.1, 0.15) is 17.0 Å². The smallest absolute Gasteiger partial charge is 0.205 e. The Labute approximate surface area is 182 Å². The number of benzene rings is 2. The number of likely N-dealkylation sites (N-methyl/N-ethyl adjacent to an activating group) is 1. The lowest BCUT2D eigenvalue weighted by atomic mass is 9.80. The molecule has 0 saturated heterocycles. The molecule has 0 saturated carbocycles. The lowest BCUT2D eigenvalue weighted by molar-refractivity contribution is 0.251. The van der Waals surface area contributed by atoms with E-state index in [1.54, 1.807) is 14.2 Å². The van der Waals surface area contributed by atoms with Gasteiger partial charge in [-0.05, 0) is 54.1 Å². The minimum atomic E-state index is -0.291. The van der Waals surface area contributed by atoms with Crippen molar-refractivity contribution in [3.63, 3.8) is 0 Å². The predicted molar refractivity (Wildman–Crippen MR) is 119 cm³/mol. The highest BCUT2D eigenvalue weighted by atomic mass is 16.5. The molecule has 2 aromatic carbocycles. The molecule has 6 heteroatoms. The quantitative estimate of drug-likeness (QED) is 0.818. The van der Waals surface area contributed by atoms with Gasteiger partial charge in [0.15, 0.2) is 0 Å². The fourth-order valence-corrected chi connectivity index (χ4v) is 4.17. The fraction of sp³-hybridized carbons (Fsp3) is 0.240. The number of hydrogen-bond acceptors (Lipinski definition) is 6. The van der Waals surface area contributed by atoms with Crippen LogP contribution in [0, 0.1) is 11.3 Å². The summed E-state index contributed by atoms with van der Waals surface area (Å²) in [4.78, 5) is 2.21. The van der Waals surface area contributed by atoms with Crippen molar-refractivity contribution in [3.05, 3.63) is 88.0 Å². The number of rotatable bonds is 4. The van der Waals surface area contributed by atoms with E-state index in [9.17, 15) is 5.26 Å². The van der Waals surface area contributed by atoms with E-state index in [0.717, 1.165) is 39.5 Å². The van der Waals surface area contributed by atoms with E-state index in [1.165, 1.54) is 0 Å². The first-order valence-electron chi connectivity index (χ1n) is 10.0. The van der Waals surface area contributed by atoms with E-state index in [0.29, 0.717) is 18.7 Å². The van der Waals surface area contributed by atoms with Gasteiger partial charge in [-0.2, -0.15) is 5.26 Å². The van der Waals surface area contributed by atoms with E-state index in [1.807, 2.05) is 48.5 Å². The van der Waals surface area contributed by atoms with Gasteiger partial charge >= 0.3 is 0 Å². The summed E-state index contributed by atoms with van der Waals surface area (Å²) in [5.74, 6) is 2.12. The largest absolute Gasteiger partial charge is 0.497 e. The Hall–Kier alpha value is -3.69. The van der Waals surface area contributed by atoms with Gasteiger partial charge in [-0.1, -0.05) is 24.3 Å². The van der Waals surface area contributed by atoms with Crippen molar-refractivity contribution >= 4 is 6.08 Å². The lowest BCUT2D eigenvalue weighted by Gasteiger charge is -2.37. The fourth-order valence-electron chi connectivity index (χ4n) is 4.17. The Morgan fingerprint density at radius 3 is 2.52 bits per heavy atom. The zero-order valence-electron chi connectivity index (χ0n) is 17.9. The van der Waals surface area contributed by atoms with Gasteiger partial charge in [0.1, 0.15) is 28.9 Å². The zero-order chi connectivity index (χ0) is 22.0. The van der Waals surface area contributed by atoms with Crippen LogP contribution in [0.3, 0.4) is 0 Å². The number of allylic oxidation sites excluding steroid dienone is 1. The minimum Gasteiger partial charge on any atom is -0.497 e. The van der Waals surface area contributed by atoms with Gasteiger partial charge in [0.25, 0.3) is 0 Å². The van der Waals surface area contributed by atoms with Crippen molar-refractivity contribution in [1.29, 1.82) is 5.26 Å². The first kappa shape index (κ1) is 20.6. The summed E-state index contributed by atoms with van der Waals surface area (Å²) < 4.78 is 16.8. The van der Waals surface area contributed by atoms with Crippen LogP contribution in [0.25, 0.3) is 6.08 Å². The highest BCUT2D eigenvalue weighted by Crippen LogP contribution is 2.44. The Balaban J connectivity index is 1.86. The number of hydrogen-bond donors (Lipinski definition) is 1. The highest BCUT2D eigenvalue weighted by molar-refractivity contribution is 5.64. The molecule has 31 heavy (non-hydrogen) atoms. The third-order valence-corrected chi connectivity index (χ3v) is 5.56. The molecule has 0 aromatic heterocycles. The highest BCUT2D eigenvalue weighted by Gasteiger charge is 2.37. The van der Waals surface area contributed by atoms with Crippen LogP contribution < -0.4 is 15.2 Å². The standard InChI is InChI=1S/C25H25N3O3/c1-28-14-18(10-16-6-4-8-19(11-16)29-2)24-22(15-28)23(21(13-26)25(27)31-24)17-7-5-9-20(12-17)30-3/h4-12,23H,14-15,27H2,1-3H3/b18-10+/t23-/m1/s1. The van der Waals surface area contributed by atoms with Crippen molar-refractivity contribution in [2.75, 3.05) is 34.4 Å². The maximum atomic E-state index is 9.87. The maximum absolute atomic E-state index is 9.87. The first-order chi connectivity index (χ1) is 15.0. The summed E-state index contributed by atoms with van der Waals surface area (Å²) in [7, 11) is 5.34. The molecule has 2 heterocycles. The van der Waals surface area contributed by atoms with Crippen LogP contribution in [-0.4, -0.2) is 39.3 Å². The molecule has 1 atom stereocenters. The molecule has 158 valence electrons. The van der Waals surface area contributed by atoms with Crippen LogP contribution in [0.2, 0.25) is 0 Å². The van der Waals surface area contributed by atoms with Gasteiger partial charge in [0, 0.05) is 18.7 Å². The molecule has 0 spiro atoms. The molecule has 0 bridgehead atoms. The van der Waals surface area contributed by atoms with Crippen LogP contribution >= 0.6 is 0 Å². The second-order valence-electron chi connectivity index (χ2n) is 7.67. The van der Waals surface area contributed by atoms with Crippen molar-refractivity contribution in [1.82, 2.24) is 4.90 Å². The Morgan fingerprint density at radius 1 is 1.10 bits per heavy atom. The molecule has 4 rings (SSSR count). The van der Waals surface area contributed by atoms with E-state index in [2.05, 4.69) is 24.1 Å². The van der Waals surface area contributed by atoms with Crippen LogP contribution in [0.5, 0.6) is 11.5 Å². The van der Waals surface area contributed by atoms with Crippen LogP contribution in [0.15, 0.2) is 76.9 Å². The number of nitriles is 1. The molecule has 0 aliphatic carbocycles. The predicted octanol–water partition coefficient (Wildman–Crippen LogP) is 3.79. The average molecular weight is 415 g/mol. The van der Waals surface area contributed by atoms with Crippen LogP contribution in [0.4, 0.5) is 0 Å². The van der Waals surface area contributed by atoms with E-state index in [-0.39, 0.29) is 11.8 Å². The van der Waals surface area contributed by atoms with E-state index < -0.39 is 0 Å². The number of methoxy groups -OCH3 is 2. The zero-order valence-corrected chi connectivity index (χ0v) is 17.9. The molecule has 2 aromatic rings. The van der Waals surface area contributed by atoms with Crippen LogP contribution in [-0.2, 0) is 4.74 Å². The first-order valence-corrected chi connectivity index (χ1v) is 10.0. The Bertz CT molecular complexity index is 1140. The van der Waals surface area contributed by atoms with Crippen molar-refractivity contribution in [2.45, 2.75) is 5.92 Å². The third kappa shape index (κ3) is 4.00. The second-order valence-corrected chi connectivity index (χ2v) is 7.67. The van der Waals surface area contributed by atoms with E-state index >= 15 is 0 Å². The topological polar surface area (TPSA) is 80.7 Å². The molecule has 2 aliphatic rings. The minimum absolute atomic E-state index is 0.148. The number of ether oxygens (including phenoxy) is 3. The monoisotopic (exact) mass is 415 g/mol. The average Bonchev–Trinajstić information content (AvgIpc) is 2.79. The summed E-state index contributed by atoms with van der Waals surface area (Å²) in [5.41, 5.74) is 10.6. The summed E-state index contributed by atoms with van der Waals surface area (Å²) in [6.07, 6.45) is 2.08. The second kappa shape index (κ2) is 8.58. The Morgan fingerprint density at radius 2 is 1.81 bits per heavy atom. The number of nitrogens with zero attached hydrogens (tertiary/aromatic N) is 2. The molecule has 0 fully saturated rings. The SMILES string of the molecule is COc1cccc(/C=C2\CN(C)CC3=C2OC(N)=C(C#N)[C@H]3c2cccc(OC)c2)c1. The molecular weight excluding hydrogens is 390 g/mol. The molecule has 2 N–H and O–H groups in total. The molecular formula is C25H25N3O3. The van der Waals surface area contributed by atoms with Gasteiger partial charge in [-0.25, -0.2) is 0 Å². The molecule has 6 nitrogen and oxygen atoms in total. The Kier molecular flexibility index (Phi) is 5.70.